The van der Waals surface area contributed by atoms with Crippen molar-refractivity contribution in [2.45, 2.75) is 11.3 Å². The number of anilines is 1. The molecule has 7 heteroatoms. The van der Waals surface area contributed by atoms with Crippen LogP contribution in [-0.2, 0) is 16.4 Å². The average molecular weight is 288 g/mol. The van der Waals surface area contributed by atoms with Crippen molar-refractivity contribution in [3.05, 3.63) is 54.2 Å². The average Bonchev–Trinajstić information content (AvgIpc) is 2.46. The molecule has 2 N–H and O–H groups in total. The van der Waals surface area contributed by atoms with Crippen LogP contribution in [0.25, 0.3) is 0 Å². The van der Waals surface area contributed by atoms with Gasteiger partial charge >= 0.3 is 0 Å². The molecule has 0 aliphatic carbocycles. The third-order valence-electron chi connectivity index (χ3n) is 2.97. The zero-order valence-electron chi connectivity index (χ0n) is 10.5. The Balaban J connectivity index is 2.04. The van der Waals surface area contributed by atoms with Crippen LogP contribution < -0.4 is 10.9 Å². The highest BCUT2D eigenvalue weighted by molar-refractivity contribution is 7.90. The summed E-state index contributed by atoms with van der Waals surface area (Å²) in [5.74, 6) is 6.39. The number of sulfonamides is 1. The number of amidine groups is 1. The van der Waals surface area contributed by atoms with Crippen molar-refractivity contribution in [3.63, 3.8) is 0 Å². The van der Waals surface area contributed by atoms with Gasteiger partial charge in [-0.1, -0.05) is 30.3 Å². The normalized spacial score (nSPS) is 16.4. The maximum absolute atomic E-state index is 12.1. The van der Waals surface area contributed by atoms with Crippen LogP contribution in [0.4, 0.5) is 5.82 Å². The van der Waals surface area contributed by atoms with Gasteiger partial charge in [-0.3, -0.25) is 0 Å². The molecule has 6 nitrogen and oxygen atoms in total. The van der Waals surface area contributed by atoms with E-state index in [4.69, 9.17) is 5.84 Å². The van der Waals surface area contributed by atoms with Gasteiger partial charge in [0.15, 0.2) is 5.82 Å². The van der Waals surface area contributed by atoms with Crippen molar-refractivity contribution in [1.82, 2.24) is 4.98 Å². The van der Waals surface area contributed by atoms with E-state index in [1.807, 2.05) is 30.3 Å². The minimum atomic E-state index is -3.74. The van der Waals surface area contributed by atoms with E-state index < -0.39 is 10.0 Å². The third kappa shape index (κ3) is 2.17. The molecule has 0 saturated heterocycles. The topological polar surface area (TPSA) is 88.6 Å². The number of nitrogens with zero attached hydrogens (tertiary/aromatic N) is 3. The molecular weight excluding hydrogens is 276 g/mol. The van der Waals surface area contributed by atoms with Crippen LogP contribution in [0.1, 0.15) is 5.56 Å². The van der Waals surface area contributed by atoms with Gasteiger partial charge in [0.05, 0.1) is 0 Å². The lowest BCUT2D eigenvalue weighted by Gasteiger charge is -2.25. The molecule has 0 unspecified atom stereocenters. The molecule has 1 aliphatic rings. The zero-order valence-corrected chi connectivity index (χ0v) is 11.3. The summed E-state index contributed by atoms with van der Waals surface area (Å²) in [6.45, 7) is 0. The number of benzene rings is 1. The smallest absolute Gasteiger partial charge is 0.246 e. The fraction of sp³-hybridized carbons (Fsp3) is 0.0769. The second-order valence-corrected chi connectivity index (χ2v) is 5.91. The van der Waals surface area contributed by atoms with E-state index in [1.165, 1.54) is 17.3 Å². The summed E-state index contributed by atoms with van der Waals surface area (Å²) in [5, 5.41) is 1.23. The molecule has 0 radical (unpaired) electrons. The van der Waals surface area contributed by atoms with Gasteiger partial charge in [-0.2, -0.15) is 8.42 Å². The van der Waals surface area contributed by atoms with E-state index >= 15 is 0 Å². The number of rotatable bonds is 2. The molecule has 0 amide bonds. The van der Waals surface area contributed by atoms with Crippen LogP contribution in [0.15, 0.2) is 58.0 Å². The zero-order chi connectivity index (χ0) is 14.2. The first kappa shape index (κ1) is 12.8. The summed E-state index contributed by atoms with van der Waals surface area (Å²) in [4.78, 5) is 4.06. The van der Waals surface area contributed by atoms with E-state index in [1.54, 1.807) is 6.07 Å². The van der Waals surface area contributed by atoms with Crippen molar-refractivity contribution in [2.75, 3.05) is 5.01 Å². The van der Waals surface area contributed by atoms with E-state index in [0.717, 1.165) is 5.56 Å². The predicted octanol–water partition coefficient (Wildman–Crippen LogP) is 1.11. The molecule has 102 valence electrons. The molecule has 3 rings (SSSR count). The molecule has 0 spiro atoms. The Bertz CT molecular complexity index is 772. The number of hydrazine groups is 1. The Morgan fingerprint density at radius 2 is 1.85 bits per heavy atom. The molecule has 0 saturated carbocycles. The number of hydrogen-bond donors (Lipinski definition) is 1. The van der Waals surface area contributed by atoms with E-state index in [2.05, 4.69) is 9.38 Å². The molecule has 0 bridgehead atoms. The molecule has 0 atom stereocenters. The van der Waals surface area contributed by atoms with Crippen LogP contribution in [0.3, 0.4) is 0 Å². The SMILES string of the molecule is NN1C(Cc2ccccc2)=NS(=O)(=O)c2cccnc21. The fourth-order valence-electron chi connectivity index (χ4n) is 2.01. The van der Waals surface area contributed by atoms with Gasteiger partial charge in [-0.25, -0.2) is 15.8 Å². The monoisotopic (exact) mass is 288 g/mol. The van der Waals surface area contributed by atoms with Gasteiger partial charge in [0.25, 0.3) is 10.0 Å². The highest BCUT2D eigenvalue weighted by Gasteiger charge is 2.30. The summed E-state index contributed by atoms with van der Waals surface area (Å²) in [6.07, 6.45) is 1.83. The van der Waals surface area contributed by atoms with Gasteiger partial charge in [0, 0.05) is 12.6 Å². The molecule has 2 aromatic rings. The largest absolute Gasteiger partial charge is 0.287 e. The molecule has 2 heterocycles. The molecular formula is C13H12N4O2S. The van der Waals surface area contributed by atoms with E-state index in [-0.39, 0.29) is 16.5 Å². The summed E-state index contributed by atoms with van der Waals surface area (Å²) in [5.41, 5.74) is 0.927. The van der Waals surface area contributed by atoms with Gasteiger partial charge in [0.1, 0.15) is 10.7 Å². The summed E-state index contributed by atoms with van der Waals surface area (Å²) in [7, 11) is -3.74. The maximum Gasteiger partial charge on any atom is 0.287 e. The van der Waals surface area contributed by atoms with Gasteiger partial charge in [-0.05, 0) is 17.7 Å². The molecule has 1 aliphatic heterocycles. The van der Waals surface area contributed by atoms with Gasteiger partial charge < -0.3 is 0 Å². The Labute approximate surface area is 116 Å². The highest BCUT2D eigenvalue weighted by atomic mass is 32.2. The maximum atomic E-state index is 12.1. The Morgan fingerprint density at radius 3 is 2.60 bits per heavy atom. The molecule has 1 aromatic carbocycles. The lowest BCUT2D eigenvalue weighted by molar-refractivity contribution is 0.596. The number of hydrogen-bond acceptors (Lipinski definition) is 5. The number of pyridine rings is 1. The van der Waals surface area contributed by atoms with Crippen molar-refractivity contribution in [2.24, 2.45) is 10.2 Å². The lowest BCUT2D eigenvalue weighted by atomic mass is 10.1. The molecule has 0 fully saturated rings. The van der Waals surface area contributed by atoms with Gasteiger partial charge in [0.2, 0.25) is 0 Å². The Kier molecular flexibility index (Phi) is 3.00. The van der Waals surface area contributed by atoms with Crippen molar-refractivity contribution in [1.29, 1.82) is 0 Å². The minimum absolute atomic E-state index is 0.0271. The number of aromatic nitrogens is 1. The van der Waals surface area contributed by atoms with Crippen LogP contribution in [0.2, 0.25) is 0 Å². The first-order valence-corrected chi connectivity index (χ1v) is 7.39. The van der Waals surface area contributed by atoms with Crippen molar-refractivity contribution >= 4 is 21.7 Å². The van der Waals surface area contributed by atoms with Crippen LogP contribution in [0, 0.1) is 0 Å². The van der Waals surface area contributed by atoms with E-state index in [0.29, 0.717) is 6.42 Å². The standard InChI is InChI=1S/C13H12N4O2S/c14-17-12(9-10-5-2-1-3-6-10)16-20(18,19)11-7-4-8-15-13(11)17/h1-8H,9,14H2. The minimum Gasteiger partial charge on any atom is -0.246 e. The van der Waals surface area contributed by atoms with Crippen molar-refractivity contribution in [3.8, 4) is 0 Å². The number of fused-ring (bicyclic) bond motifs is 1. The van der Waals surface area contributed by atoms with Crippen molar-refractivity contribution < 1.29 is 8.42 Å². The first-order chi connectivity index (χ1) is 9.58. The second-order valence-electron chi connectivity index (χ2n) is 4.34. The second kappa shape index (κ2) is 4.69. The first-order valence-electron chi connectivity index (χ1n) is 5.95. The predicted molar refractivity (Wildman–Crippen MR) is 75.7 cm³/mol. The Hall–Kier alpha value is -2.25. The summed E-state index contributed by atoms with van der Waals surface area (Å²) >= 11 is 0. The van der Waals surface area contributed by atoms with Crippen LogP contribution in [0.5, 0.6) is 0 Å². The van der Waals surface area contributed by atoms with Crippen LogP contribution in [-0.4, -0.2) is 19.2 Å². The van der Waals surface area contributed by atoms with Gasteiger partial charge in [-0.15, -0.1) is 4.40 Å². The third-order valence-corrected chi connectivity index (χ3v) is 4.29. The Morgan fingerprint density at radius 1 is 1.10 bits per heavy atom. The summed E-state index contributed by atoms with van der Waals surface area (Å²) < 4.78 is 28.0. The van der Waals surface area contributed by atoms with Crippen LogP contribution >= 0.6 is 0 Å². The lowest BCUT2D eigenvalue weighted by Crippen LogP contribution is -2.43. The number of nitrogens with two attached hydrogens (primary N) is 1. The quantitative estimate of drug-likeness (QED) is 0.836. The van der Waals surface area contributed by atoms with E-state index in [9.17, 15) is 8.42 Å². The molecule has 1 aromatic heterocycles. The summed E-state index contributed by atoms with van der Waals surface area (Å²) in [6, 6.07) is 12.4. The molecule has 20 heavy (non-hydrogen) atoms. The highest BCUT2D eigenvalue weighted by Crippen LogP contribution is 2.27. The fourth-order valence-corrected chi connectivity index (χ4v) is 3.18.